The first-order chi connectivity index (χ1) is 7.95. The number of aromatic nitrogens is 2. The summed E-state index contributed by atoms with van der Waals surface area (Å²) in [5.41, 5.74) is 1.40. The van der Waals surface area contributed by atoms with Crippen LogP contribution in [-0.4, -0.2) is 35.7 Å². The zero-order chi connectivity index (χ0) is 12.9. The van der Waals surface area contributed by atoms with Crippen molar-refractivity contribution >= 4 is 5.91 Å². The Labute approximate surface area is 102 Å². The van der Waals surface area contributed by atoms with E-state index in [1.165, 1.54) is 0 Å². The fourth-order valence-corrected chi connectivity index (χ4v) is 1.35. The maximum atomic E-state index is 11.7. The molecule has 0 saturated heterocycles. The monoisotopic (exact) mass is 238 g/mol. The standard InChI is InChI=1S/C12H22N4O/c1-5-13-6-7-14-11(17)9-8-10(16-15-9)12(2,3)4/h8,13H,5-7H2,1-4H3,(H,14,17)(H,15,16). The van der Waals surface area contributed by atoms with Gasteiger partial charge in [0.05, 0.1) is 0 Å². The molecule has 1 aromatic rings. The van der Waals surface area contributed by atoms with Gasteiger partial charge in [-0.3, -0.25) is 9.89 Å². The van der Waals surface area contributed by atoms with Crippen LogP contribution >= 0.6 is 0 Å². The molecular formula is C12H22N4O. The van der Waals surface area contributed by atoms with Gasteiger partial charge in [-0.15, -0.1) is 0 Å². The summed E-state index contributed by atoms with van der Waals surface area (Å²) < 4.78 is 0. The van der Waals surface area contributed by atoms with Crippen molar-refractivity contribution in [3.8, 4) is 0 Å². The third kappa shape index (κ3) is 4.19. The average molecular weight is 238 g/mol. The zero-order valence-electron chi connectivity index (χ0n) is 11.1. The minimum atomic E-state index is -0.130. The highest BCUT2D eigenvalue weighted by Gasteiger charge is 2.18. The Balaban J connectivity index is 2.50. The number of hydrogen-bond donors (Lipinski definition) is 3. The number of aromatic amines is 1. The van der Waals surface area contributed by atoms with E-state index in [0.717, 1.165) is 18.8 Å². The molecule has 0 aliphatic heterocycles. The molecule has 0 radical (unpaired) electrons. The summed E-state index contributed by atoms with van der Waals surface area (Å²) >= 11 is 0. The topological polar surface area (TPSA) is 69.8 Å². The van der Waals surface area contributed by atoms with Gasteiger partial charge in [0, 0.05) is 24.2 Å². The van der Waals surface area contributed by atoms with Crippen molar-refractivity contribution in [2.45, 2.75) is 33.1 Å². The maximum Gasteiger partial charge on any atom is 0.271 e. The first-order valence-electron chi connectivity index (χ1n) is 6.00. The predicted octanol–water partition coefficient (Wildman–Crippen LogP) is 1.05. The lowest BCUT2D eigenvalue weighted by Gasteiger charge is -2.14. The Morgan fingerprint density at radius 3 is 2.65 bits per heavy atom. The van der Waals surface area contributed by atoms with Crippen LogP contribution in [-0.2, 0) is 5.41 Å². The summed E-state index contributed by atoms with van der Waals surface area (Å²) in [5.74, 6) is -0.130. The molecule has 0 aliphatic carbocycles. The van der Waals surface area contributed by atoms with E-state index >= 15 is 0 Å². The molecule has 5 nitrogen and oxygen atoms in total. The van der Waals surface area contributed by atoms with E-state index in [2.05, 4.69) is 41.6 Å². The van der Waals surface area contributed by atoms with Crippen molar-refractivity contribution < 1.29 is 4.79 Å². The van der Waals surface area contributed by atoms with Gasteiger partial charge in [-0.1, -0.05) is 27.7 Å². The molecule has 0 atom stereocenters. The molecule has 1 heterocycles. The second-order valence-electron chi connectivity index (χ2n) is 5.03. The number of hydrogen-bond acceptors (Lipinski definition) is 3. The third-order valence-electron chi connectivity index (χ3n) is 2.46. The number of carbonyl (C=O) groups is 1. The van der Waals surface area contributed by atoms with Gasteiger partial charge in [-0.2, -0.15) is 5.10 Å². The zero-order valence-corrected chi connectivity index (χ0v) is 11.1. The molecule has 1 rings (SSSR count). The summed E-state index contributed by atoms with van der Waals surface area (Å²) in [7, 11) is 0. The Morgan fingerprint density at radius 2 is 2.12 bits per heavy atom. The number of nitrogens with one attached hydrogen (secondary N) is 3. The first kappa shape index (κ1) is 13.7. The quantitative estimate of drug-likeness (QED) is 0.671. The fraction of sp³-hybridized carbons (Fsp3) is 0.667. The Hall–Kier alpha value is -1.36. The van der Waals surface area contributed by atoms with Crippen LogP contribution in [0.5, 0.6) is 0 Å². The molecule has 0 aromatic carbocycles. The van der Waals surface area contributed by atoms with Gasteiger partial charge in [0.15, 0.2) is 0 Å². The smallest absolute Gasteiger partial charge is 0.271 e. The summed E-state index contributed by atoms with van der Waals surface area (Å²) in [6, 6.07) is 1.81. The normalized spacial score (nSPS) is 11.5. The van der Waals surface area contributed by atoms with Crippen LogP contribution in [0.15, 0.2) is 6.07 Å². The highest BCUT2D eigenvalue weighted by Crippen LogP contribution is 2.19. The number of nitrogens with zero attached hydrogens (tertiary/aromatic N) is 1. The molecule has 0 spiro atoms. The highest BCUT2D eigenvalue weighted by atomic mass is 16.1. The Kier molecular flexibility index (Phi) is 4.69. The van der Waals surface area contributed by atoms with Gasteiger partial charge in [-0.05, 0) is 12.6 Å². The van der Waals surface area contributed by atoms with Crippen LogP contribution in [0, 0.1) is 0 Å². The van der Waals surface area contributed by atoms with Crippen molar-refractivity contribution in [1.82, 2.24) is 20.8 Å². The van der Waals surface area contributed by atoms with Gasteiger partial charge in [-0.25, -0.2) is 0 Å². The summed E-state index contributed by atoms with van der Waals surface area (Å²) in [6.45, 7) is 10.6. The van der Waals surface area contributed by atoms with Crippen LogP contribution in [0.1, 0.15) is 43.9 Å². The lowest BCUT2D eigenvalue weighted by Crippen LogP contribution is -2.31. The lowest BCUT2D eigenvalue weighted by molar-refractivity contribution is 0.0949. The van der Waals surface area contributed by atoms with Crippen molar-refractivity contribution in [2.75, 3.05) is 19.6 Å². The van der Waals surface area contributed by atoms with Crippen molar-refractivity contribution in [3.05, 3.63) is 17.5 Å². The molecule has 1 amide bonds. The van der Waals surface area contributed by atoms with Gasteiger partial charge in [0.25, 0.3) is 5.91 Å². The van der Waals surface area contributed by atoms with Crippen molar-refractivity contribution in [1.29, 1.82) is 0 Å². The molecule has 0 aliphatic rings. The van der Waals surface area contributed by atoms with Gasteiger partial charge < -0.3 is 10.6 Å². The molecule has 0 saturated carbocycles. The molecular weight excluding hydrogens is 216 g/mol. The van der Waals surface area contributed by atoms with E-state index in [9.17, 15) is 4.79 Å². The molecule has 0 fully saturated rings. The van der Waals surface area contributed by atoms with Crippen molar-refractivity contribution in [2.24, 2.45) is 0 Å². The summed E-state index contributed by atoms with van der Waals surface area (Å²) in [5, 5.41) is 12.9. The van der Waals surface area contributed by atoms with E-state index in [1.54, 1.807) is 0 Å². The number of likely N-dealkylation sites (N-methyl/N-ethyl adjacent to an activating group) is 1. The number of carbonyl (C=O) groups excluding carboxylic acids is 1. The molecule has 5 heteroatoms. The molecule has 17 heavy (non-hydrogen) atoms. The van der Waals surface area contributed by atoms with E-state index in [-0.39, 0.29) is 11.3 Å². The van der Waals surface area contributed by atoms with Crippen molar-refractivity contribution in [3.63, 3.8) is 0 Å². The number of amides is 1. The second-order valence-corrected chi connectivity index (χ2v) is 5.03. The SMILES string of the molecule is CCNCCNC(=O)c1cc(C(C)(C)C)[nH]n1. The molecule has 1 aromatic heterocycles. The minimum absolute atomic E-state index is 0.0186. The number of rotatable bonds is 5. The summed E-state index contributed by atoms with van der Waals surface area (Å²) in [4.78, 5) is 11.7. The van der Waals surface area contributed by atoms with E-state index in [0.29, 0.717) is 12.2 Å². The second kappa shape index (κ2) is 5.82. The van der Waals surface area contributed by atoms with Gasteiger partial charge >= 0.3 is 0 Å². The predicted molar refractivity (Wildman–Crippen MR) is 68.2 cm³/mol. The van der Waals surface area contributed by atoms with E-state index in [1.807, 2.05) is 13.0 Å². The Bertz CT molecular complexity index is 365. The van der Waals surface area contributed by atoms with Gasteiger partial charge in [0.2, 0.25) is 0 Å². The number of H-pyrrole nitrogens is 1. The molecule has 0 unspecified atom stereocenters. The maximum absolute atomic E-state index is 11.7. The third-order valence-corrected chi connectivity index (χ3v) is 2.46. The fourth-order valence-electron chi connectivity index (χ4n) is 1.35. The van der Waals surface area contributed by atoms with E-state index < -0.39 is 0 Å². The first-order valence-corrected chi connectivity index (χ1v) is 6.00. The van der Waals surface area contributed by atoms with Crippen LogP contribution in [0.2, 0.25) is 0 Å². The van der Waals surface area contributed by atoms with Crippen LogP contribution in [0.25, 0.3) is 0 Å². The van der Waals surface area contributed by atoms with Gasteiger partial charge in [0.1, 0.15) is 5.69 Å². The highest BCUT2D eigenvalue weighted by molar-refractivity contribution is 5.92. The van der Waals surface area contributed by atoms with Crippen LogP contribution in [0.3, 0.4) is 0 Å². The molecule has 0 bridgehead atoms. The minimum Gasteiger partial charge on any atom is -0.349 e. The van der Waals surface area contributed by atoms with Crippen LogP contribution < -0.4 is 10.6 Å². The molecule has 3 N–H and O–H groups in total. The average Bonchev–Trinajstić information content (AvgIpc) is 2.72. The molecule has 96 valence electrons. The van der Waals surface area contributed by atoms with Crippen LogP contribution in [0.4, 0.5) is 0 Å². The van der Waals surface area contributed by atoms with E-state index in [4.69, 9.17) is 0 Å². The largest absolute Gasteiger partial charge is 0.349 e. The Morgan fingerprint density at radius 1 is 1.41 bits per heavy atom. The summed E-state index contributed by atoms with van der Waals surface area (Å²) in [6.07, 6.45) is 0. The lowest BCUT2D eigenvalue weighted by atomic mass is 9.92.